The highest BCUT2D eigenvalue weighted by Gasteiger charge is 2.29. The molecule has 1 aliphatic heterocycles. The summed E-state index contributed by atoms with van der Waals surface area (Å²) in [5.74, 6) is 0. The van der Waals surface area contributed by atoms with Gasteiger partial charge in [0, 0.05) is 31.1 Å². The van der Waals surface area contributed by atoms with Crippen molar-refractivity contribution < 1.29 is 8.78 Å². The van der Waals surface area contributed by atoms with Gasteiger partial charge < -0.3 is 5.32 Å². The summed E-state index contributed by atoms with van der Waals surface area (Å²) in [7, 11) is 0. The number of benzene rings is 1. The van der Waals surface area contributed by atoms with E-state index in [-0.39, 0.29) is 0 Å². The minimum absolute atomic E-state index is 0.680. The molecule has 0 unspecified atom stereocenters. The Balaban J connectivity index is 2.17. The molecule has 1 N–H and O–H groups in total. The van der Waals surface area contributed by atoms with Crippen LogP contribution in [0.3, 0.4) is 0 Å². The molecule has 0 amide bonds. The van der Waals surface area contributed by atoms with E-state index in [1.807, 2.05) is 35.4 Å². The van der Waals surface area contributed by atoms with Crippen molar-refractivity contribution in [3.05, 3.63) is 29.8 Å². The largest absolute Gasteiger partial charge is 0.314 e. The van der Waals surface area contributed by atoms with Gasteiger partial charge in [-0.05, 0) is 24.0 Å². The molecule has 0 saturated carbocycles. The zero-order valence-electron chi connectivity index (χ0n) is 10.4. The Morgan fingerprint density at radius 2 is 1.78 bits per heavy atom. The summed E-state index contributed by atoms with van der Waals surface area (Å²) < 4.78 is 26.6. The highest BCUT2D eigenvalue weighted by molar-refractivity contribution is 7.98. The summed E-state index contributed by atoms with van der Waals surface area (Å²) in [4.78, 5) is 2.97. The van der Waals surface area contributed by atoms with E-state index >= 15 is 0 Å². The average molecular weight is 272 g/mol. The van der Waals surface area contributed by atoms with E-state index in [0.29, 0.717) is 18.7 Å². The van der Waals surface area contributed by atoms with Crippen molar-refractivity contribution in [1.29, 1.82) is 0 Å². The van der Waals surface area contributed by atoms with Crippen molar-refractivity contribution in [2.75, 3.05) is 32.4 Å². The topological polar surface area (TPSA) is 15.3 Å². The van der Waals surface area contributed by atoms with E-state index in [1.54, 1.807) is 11.8 Å². The molecule has 1 atom stereocenters. The van der Waals surface area contributed by atoms with Gasteiger partial charge in [-0.15, -0.1) is 11.8 Å². The molecule has 2 nitrogen and oxygen atoms in total. The van der Waals surface area contributed by atoms with E-state index in [0.717, 1.165) is 18.0 Å². The summed E-state index contributed by atoms with van der Waals surface area (Å²) in [6, 6.07) is 6.70. The van der Waals surface area contributed by atoms with Crippen LogP contribution >= 0.6 is 11.8 Å². The van der Waals surface area contributed by atoms with Crippen LogP contribution in [0.15, 0.2) is 29.2 Å². The van der Waals surface area contributed by atoms with E-state index in [9.17, 15) is 8.78 Å². The Bertz CT molecular complexity index is 364. The molecule has 0 spiro atoms. The summed E-state index contributed by atoms with van der Waals surface area (Å²) >= 11 is 1.62. The molecule has 1 aromatic carbocycles. The van der Waals surface area contributed by atoms with Crippen molar-refractivity contribution in [2.24, 2.45) is 0 Å². The lowest BCUT2D eigenvalue weighted by molar-refractivity contribution is 0.0181. The Kier molecular flexibility index (Phi) is 4.97. The van der Waals surface area contributed by atoms with Gasteiger partial charge in [0.1, 0.15) is 0 Å². The molecular weight excluding hydrogens is 254 g/mol. The standard InChI is InChI=1S/C13H18F2N2S/c1-18-11-4-2-10(3-5-11)12(13(14)15)17-8-6-16-7-9-17/h2-5,12-13,16H,6-9H2,1H3/t12-/m1/s1. The number of piperazine rings is 1. The normalized spacial score (nSPS) is 19.1. The molecule has 5 heteroatoms. The van der Waals surface area contributed by atoms with Crippen LogP contribution in [-0.4, -0.2) is 43.8 Å². The third-order valence-corrected chi connectivity index (χ3v) is 3.98. The number of halogens is 2. The number of hydrogen-bond donors (Lipinski definition) is 1. The maximum atomic E-state index is 13.3. The van der Waals surface area contributed by atoms with Crippen LogP contribution < -0.4 is 5.32 Å². The van der Waals surface area contributed by atoms with Gasteiger partial charge in [-0.1, -0.05) is 12.1 Å². The second kappa shape index (κ2) is 6.50. The molecule has 1 heterocycles. The first-order chi connectivity index (χ1) is 8.72. The average Bonchev–Trinajstić information content (AvgIpc) is 2.40. The number of rotatable bonds is 4. The summed E-state index contributed by atoms with van der Waals surface area (Å²) in [6.07, 6.45) is -0.362. The Morgan fingerprint density at radius 1 is 1.17 bits per heavy atom. The van der Waals surface area contributed by atoms with E-state index in [2.05, 4.69) is 5.32 Å². The SMILES string of the molecule is CSc1ccc([C@H](C(F)F)N2CCNCC2)cc1. The van der Waals surface area contributed by atoms with Gasteiger partial charge in [0.05, 0.1) is 6.04 Å². The molecule has 2 rings (SSSR count). The maximum Gasteiger partial charge on any atom is 0.258 e. The van der Waals surface area contributed by atoms with Crippen LogP contribution in [-0.2, 0) is 0 Å². The molecular formula is C13H18F2N2S. The fraction of sp³-hybridized carbons (Fsp3) is 0.538. The third kappa shape index (κ3) is 3.22. The molecule has 0 aliphatic carbocycles. The molecule has 1 saturated heterocycles. The quantitative estimate of drug-likeness (QED) is 0.848. The lowest BCUT2D eigenvalue weighted by Crippen LogP contribution is -2.46. The zero-order valence-corrected chi connectivity index (χ0v) is 11.2. The number of alkyl halides is 2. The van der Waals surface area contributed by atoms with Crippen LogP contribution in [0.25, 0.3) is 0 Å². The first-order valence-corrected chi connectivity index (χ1v) is 7.31. The summed E-state index contributed by atoms with van der Waals surface area (Å²) in [5, 5.41) is 3.19. The number of nitrogens with one attached hydrogen (secondary N) is 1. The van der Waals surface area contributed by atoms with Gasteiger partial charge in [0.25, 0.3) is 6.43 Å². The van der Waals surface area contributed by atoms with Crippen molar-refractivity contribution in [2.45, 2.75) is 17.4 Å². The van der Waals surface area contributed by atoms with Crippen LogP contribution in [0.2, 0.25) is 0 Å². The minimum Gasteiger partial charge on any atom is -0.314 e. The monoisotopic (exact) mass is 272 g/mol. The lowest BCUT2D eigenvalue weighted by Gasteiger charge is -2.34. The maximum absolute atomic E-state index is 13.3. The van der Waals surface area contributed by atoms with Crippen molar-refractivity contribution in [1.82, 2.24) is 10.2 Å². The Hall–Kier alpha value is -0.650. The van der Waals surface area contributed by atoms with E-state index in [1.165, 1.54) is 0 Å². The second-order valence-corrected chi connectivity index (χ2v) is 5.22. The van der Waals surface area contributed by atoms with E-state index < -0.39 is 12.5 Å². The minimum atomic E-state index is -2.34. The Morgan fingerprint density at radius 3 is 2.28 bits per heavy atom. The van der Waals surface area contributed by atoms with Gasteiger partial charge in [0.15, 0.2) is 0 Å². The molecule has 0 radical (unpaired) electrons. The highest BCUT2D eigenvalue weighted by atomic mass is 32.2. The van der Waals surface area contributed by atoms with Crippen LogP contribution in [0.5, 0.6) is 0 Å². The predicted molar refractivity (Wildman–Crippen MR) is 71.4 cm³/mol. The third-order valence-electron chi connectivity index (χ3n) is 3.24. The molecule has 100 valence electrons. The fourth-order valence-corrected chi connectivity index (χ4v) is 2.69. The molecule has 0 bridgehead atoms. The zero-order chi connectivity index (χ0) is 13.0. The Labute approximate surface area is 111 Å². The van der Waals surface area contributed by atoms with Gasteiger partial charge >= 0.3 is 0 Å². The number of hydrogen-bond acceptors (Lipinski definition) is 3. The fourth-order valence-electron chi connectivity index (χ4n) is 2.28. The van der Waals surface area contributed by atoms with Crippen molar-refractivity contribution >= 4 is 11.8 Å². The molecule has 1 aliphatic rings. The van der Waals surface area contributed by atoms with Gasteiger partial charge in [-0.2, -0.15) is 0 Å². The van der Waals surface area contributed by atoms with Crippen LogP contribution in [0, 0.1) is 0 Å². The van der Waals surface area contributed by atoms with Gasteiger partial charge in [-0.25, -0.2) is 8.78 Å². The van der Waals surface area contributed by atoms with Crippen molar-refractivity contribution in [3.63, 3.8) is 0 Å². The first kappa shape index (κ1) is 13.8. The number of thioether (sulfide) groups is 1. The predicted octanol–water partition coefficient (Wildman–Crippen LogP) is 2.62. The smallest absolute Gasteiger partial charge is 0.258 e. The summed E-state index contributed by atoms with van der Waals surface area (Å²) in [6.45, 7) is 2.93. The summed E-state index contributed by atoms with van der Waals surface area (Å²) in [5.41, 5.74) is 0.713. The lowest BCUT2D eigenvalue weighted by atomic mass is 10.1. The van der Waals surface area contributed by atoms with Crippen molar-refractivity contribution in [3.8, 4) is 0 Å². The van der Waals surface area contributed by atoms with Crippen LogP contribution in [0.1, 0.15) is 11.6 Å². The van der Waals surface area contributed by atoms with Gasteiger partial charge in [0.2, 0.25) is 0 Å². The van der Waals surface area contributed by atoms with E-state index in [4.69, 9.17) is 0 Å². The molecule has 1 aromatic rings. The molecule has 18 heavy (non-hydrogen) atoms. The van der Waals surface area contributed by atoms with Gasteiger partial charge in [-0.3, -0.25) is 4.90 Å². The highest BCUT2D eigenvalue weighted by Crippen LogP contribution is 2.29. The second-order valence-electron chi connectivity index (χ2n) is 4.34. The van der Waals surface area contributed by atoms with Crippen LogP contribution in [0.4, 0.5) is 8.78 Å². The first-order valence-electron chi connectivity index (χ1n) is 6.09. The molecule has 1 fully saturated rings. The number of nitrogens with zero attached hydrogens (tertiary/aromatic N) is 1. The molecule has 0 aromatic heterocycles.